The SMILES string of the molecule is COc1cccc(CN(C(=O)CN2C(=O)c3ccccc3S2(=O)=O)[C@H](C(=O)NC[C@@H]2CCCO2)c2cccc(OC)c2)c1. The largest absolute Gasteiger partial charge is 0.497 e. The van der Waals surface area contributed by atoms with E-state index in [1.54, 1.807) is 54.6 Å². The topological polar surface area (TPSA) is 132 Å². The zero-order valence-corrected chi connectivity index (χ0v) is 24.7. The van der Waals surface area contributed by atoms with Crippen LogP contribution < -0.4 is 14.8 Å². The molecular formula is C31H33N3O8S. The number of methoxy groups -OCH3 is 2. The third kappa shape index (κ3) is 6.35. The highest BCUT2D eigenvalue weighted by Gasteiger charge is 2.43. The molecule has 43 heavy (non-hydrogen) atoms. The molecule has 2 atom stereocenters. The third-order valence-electron chi connectivity index (χ3n) is 7.50. The first kappa shape index (κ1) is 30.1. The molecule has 2 heterocycles. The van der Waals surface area contributed by atoms with Crippen LogP contribution in [0.4, 0.5) is 0 Å². The Morgan fingerprint density at radius 1 is 1.02 bits per heavy atom. The summed E-state index contributed by atoms with van der Waals surface area (Å²) in [4.78, 5) is 42.4. The molecule has 3 aromatic rings. The van der Waals surface area contributed by atoms with Gasteiger partial charge in [0.05, 0.1) is 25.9 Å². The summed E-state index contributed by atoms with van der Waals surface area (Å²) >= 11 is 0. The number of hydrogen-bond donors (Lipinski definition) is 1. The first-order valence-electron chi connectivity index (χ1n) is 13.8. The lowest BCUT2D eigenvalue weighted by Crippen LogP contribution is -2.48. The number of nitrogens with one attached hydrogen (secondary N) is 1. The summed E-state index contributed by atoms with van der Waals surface area (Å²) in [7, 11) is -1.26. The quantitative estimate of drug-likeness (QED) is 0.352. The molecule has 0 saturated carbocycles. The van der Waals surface area contributed by atoms with E-state index in [4.69, 9.17) is 14.2 Å². The van der Waals surface area contributed by atoms with Gasteiger partial charge in [0.2, 0.25) is 11.8 Å². The molecular weight excluding hydrogens is 574 g/mol. The van der Waals surface area contributed by atoms with Crippen LogP contribution in [0, 0.1) is 0 Å². The standard InChI is InChI=1S/C31H33N3O8S/c1-40-23-10-5-8-21(16-23)19-33(28(35)20-34-31(37)26-13-3-4-14-27(26)43(34,38)39)29(22-9-6-11-24(17-22)41-2)30(36)32-18-25-12-7-15-42-25/h3-6,8-11,13-14,16-17,25,29H,7,12,15,18-20H2,1-2H3,(H,32,36)/t25-,29-/m0/s1. The Labute approximate surface area is 250 Å². The molecule has 0 aromatic heterocycles. The number of amides is 3. The van der Waals surface area contributed by atoms with Crippen molar-refractivity contribution in [2.24, 2.45) is 0 Å². The second-order valence-electron chi connectivity index (χ2n) is 10.2. The van der Waals surface area contributed by atoms with E-state index < -0.39 is 40.3 Å². The van der Waals surface area contributed by atoms with E-state index in [1.165, 1.54) is 37.3 Å². The van der Waals surface area contributed by atoms with Crippen LogP contribution in [0.3, 0.4) is 0 Å². The zero-order chi connectivity index (χ0) is 30.6. The van der Waals surface area contributed by atoms with Gasteiger partial charge in [-0.05, 0) is 60.4 Å². The van der Waals surface area contributed by atoms with Crippen molar-refractivity contribution in [1.82, 2.24) is 14.5 Å². The number of benzene rings is 3. The second-order valence-corrected chi connectivity index (χ2v) is 12.1. The molecule has 0 aliphatic carbocycles. The fourth-order valence-electron chi connectivity index (χ4n) is 5.29. The first-order chi connectivity index (χ1) is 20.7. The number of fused-ring (bicyclic) bond motifs is 1. The van der Waals surface area contributed by atoms with E-state index in [0.29, 0.717) is 33.5 Å². The lowest BCUT2D eigenvalue weighted by Gasteiger charge is -2.33. The summed E-state index contributed by atoms with van der Waals surface area (Å²) in [6.45, 7) is -0.0184. The molecule has 2 aliphatic rings. The van der Waals surface area contributed by atoms with Gasteiger partial charge in [-0.15, -0.1) is 0 Å². The van der Waals surface area contributed by atoms with E-state index in [2.05, 4.69) is 5.32 Å². The average molecular weight is 608 g/mol. The third-order valence-corrected chi connectivity index (χ3v) is 9.28. The van der Waals surface area contributed by atoms with Gasteiger partial charge in [-0.3, -0.25) is 14.4 Å². The van der Waals surface area contributed by atoms with Gasteiger partial charge in [0, 0.05) is 19.7 Å². The number of carbonyl (C=O) groups is 3. The van der Waals surface area contributed by atoms with E-state index in [-0.39, 0.29) is 29.7 Å². The maximum Gasteiger partial charge on any atom is 0.269 e. The van der Waals surface area contributed by atoms with E-state index in [9.17, 15) is 22.8 Å². The summed E-state index contributed by atoms with van der Waals surface area (Å²) in [5.41, 5.74) is 1.07. The molecule has 0 radical (unpaired) electrons. The lowest BCUT2D eigenvalue weighted by molar-refractivity contribution is -0.141. The molecule has 5 rings (SSSR count). The van der Waals surface area contributed by atoms with Crippen LogP contribution in [-0.4, -0.2) is 75.4 Å². The van der Waals surface area contributed by atoms with Crippen LogP contribution in [0.1, 0.15) is 40.4 Å². The summed E-state index contributed by atoms with van der Waals surface area (Å²) in [6, 6.07) is 18.4. The van der Waals surface area contributed by atoms with Crippen LogP contribution in [0.25, 0.3) is 0 Å². The monoisotopic (exact) mass is 607 g/mol. The van der Waals surface area contributed by atoms with Gasteiger partial charge in [0.1, 0.15) is 29.0 Å². The number of rotatable bonds is 11. The molecule has 1 fully saturated rings. The molecule has 12 heteroatoms. The van der Waals surface area contributed by atoms with E-state index in [0.717, 1.165) is 12.8 Å². The number of nitrogens with zero attached hydrogens (tertiary/aromatic N) is 2. The fraction of sp³-hybridized carbons (Fsp3) is 0.323. The Morgan fingerprint density at radius 2 is 1.74 bits per heavy atom. The predicted octanol–water partition coefficient (Wildman–Crippen LogP) is 2.91. The highest BCUT2D eigenvalue weighted by Crippen LogP contribution is 2.32. The molecule has 3 amide bonds. The molecule has 0 unspecified atom stereocenters. The summed E-state index contributed by atoms with van der Waals surface area (Å²) < 4.78 is 43.6. The Morgan fingerprint density at radius 3 is 2.44 bits per heavy atom. The maximum atomic E-state index is 14.2. The van der Waals surface area contributed by atoms with E-state index in [1.807, 2.05) is 0 Å². The van der Waals surface area contributed by atoms with Gasteiger partial charge in [-0.1, -0.05) is 36.4 Å². The van der Waals surface area contributed by atoms with Crippen molar-refractivity contribution < 1.29 is 37.0 Å². The molecule has 2 aliphatic heterocycles. The van der Waals surface area contributed by atoms with Gasteiger partial charge in [0.25, 0.3) is 15.9 Å². The summed E-state index contributed by atoms with van der Waals surface area (Å²) in [5, 5.41) is 2.92. The van der Waals surface area contributed by atoms with Crippen LogP contribution in [0.15, 0.2) is 77.7 Å². The first-order valence-corrected chi connectivity index (χ1v) is 15.3. The number of carbonyl (C=O) groups excluding carboxylic acids is 3. The molecule has 3 aromatic carbocycles. The second kappa shape index (κ2) is 12.8. The minimum absolute atomic E-state index is 0.00621. The number of hydrogen-bond acceptors (Lipinski definition) is 8. The maximum absolute atomic E-state index is 14.2. The molecule has 0 spiro atoms. The van der Waals surface area contributed by atoms with Crippen molar-refractivity contribution in [1.29, 1.82) is 0 Å². The van der Waals surface area contributed by atoms with Crippen LogP contribution >= 0.6 is 0 Å². The predicted molar refractivity (Wildman–Crippen MR) is 156 cm³/mol. The molecule has 226 valence electrons. The Bertz CT molecular complexity index is 1620. The molecule has 11 nitrogen and oxygen atoms in total. The van der Waals surface area contributed by atoms with Crippen molar-refractivity contribution in [3.63, 3.8) is 0 Å². The Balaban J connectivity index is 1.53. The van der Waals surface area contributed by atoms with Crippen molar-refractivity contribution in [2.75, 3.05) is 33.9 Å². The van der Waals surface area contributed by atoms with Crippen LogP contribution in [0.2, 0.25) is 0 Å². The normalized spacial score (nSPS) is 17.7. The number of ether oxygens (including phenoxy) is 3. The van der Waals surface area contributed by atoms with Crippen molar-refractivity contribution in [3.05, 3.63) is 89.5 Å². The number of sulfonamides is 1. The molecule has 1 saturated heterocycles. The van der Waals surface area contributed by atoms with Gasteiger partial charge in [0.15, 0.2) is 0 Å². The van der Waals surface area contributed by atoms with Gasteiger partial charge >= 0.3 is 0 Å². The fourth-order valence-corrected chi connectivity index (χ4v) is 6.81. The summed E-state index contributed by atoms with van der Waals surface area (Å²) in [5.74, 6) is -1.02. The summed E-state index contributed by atoms with van der Waals surface area (Å²) in [6.07, 6.45) is 1.54. The van der Waals surface area contributed by atoms with Crippen molar-refractivity contribution >= 4 is 27.7 Å². The molecule has 1 N–H and O–H groups in total. The van der Waals surface area contributed by atoms with Gasteiger partial charge in [-0.25, -0.2) is 12.7 Å². The van der Waals surface area contributed by atoms with Crippen LogP contribution in [0.5, 0.6) is 11.5 Å². The Kier molecular flexibility index (Phi) is 8.97. The van der Waals surface area contributed by atoms with Gasteiger partial charge in [-0.2, -0.15) is 0 Å². The smallest absolute Gasteiger partial charge is 0.269 e. The molecule has 0 bridgehead atoms. The van der Waals surface area contributed by atoms with Crippen molar-refractivity contribution in [3.8, 4) is 11.5 Å². The zero-order valence-electron chi connectivity index (χ0n) is 23.9. The van der Waals surface area contributed by atoms with Crippen molar-refractivity contribution in [2.45, 2.75) is 36.4 Å². The highest BCUT2D eigenvalue weighted by atomic mass is 32.2. The van der Waals surface area contributed by atoms with Crippen LogP contribution in [-0.2, 0) is 30.9 Å². The minimum atomic E-state index is -4.27. The minimum Gasteiger partial charge on any atom is -0.497 e. The van der Waals surface area contributed by atoms with Gasteiger partial charge < -0.3 is 24.4 Å². The average Bonchev–Trinajstić information content (AvgIpc) is 3.61. The Hall–Kier alpha value is -4.42. The highest BCUT2D eigenvalue weighted by molar-refractivity contribution is 7.90. The lowest BCUT2D eigenvalue weighted by atomic mass is 10.0. The van der Waals surface area contributed by atoms with E-state index >= 15 is 0 Å².